The van der Waals surface area contributed by atoms with Gasteiger partial charge < -0.3 is 5.73 Å². The molecule has 0 saturated carbocycles. The van der Waals surface area contributed by atoms with Crippen molar-refractivity contribution in [3.8, 4) is 0 Å². The SMILES string of the molecule is Cc1cnc(CNS(=O)(=O)c2c(C)c(C)cc(N)c2C)s1. The predicted octanol–water partition coefficient (Wildman–Crippen LogP) is 2.44. The van der Waals surface area contributed by atoms with Gasteiger partial charge in [-0.25, -0.2) is 18.1 Å². The molecule has 5 nitrogen and oxygen atoms in total. The van der Waals surface area contributed by atoms with Crippen molar-refractivity contribution in [3.05, 3.63) is 38.8 Å². The van der Waals surface area contributed by atoms with Crippen molar-refractivity contribution in [2.75, 3.05) is 5.73 Å². The molecule has 0 spiro atoms. The molecule has 0 radical (unpaired) electrons. The highest BCUT2D eigenvalue weighted by Gasteiger charge is 2.22. The minimum absolute atomic E-state index is 0.188. The Hall–Kier alpha value is -1.44. The lowest BCUT2D eigenvalue weighted by molar-refractivity contribution is 0.579. The Morgan fingerprint density at radius 1 is 1.24 bits per heavy atom. The second-order valence-electron chi connectivity index (χ2n) is 5.05. The van der Waals surface area contributed by atoms with E-state index in [1.54, 1.807) is 26.1 Å². The van der Waals surface area contributed by atoms with E-state index in [1.807, 2.05) is 13.8 Å². The van der Waals surface area contributed by atoms with Crippen LogP contribution >= 0.6 is 11.3 Å². The molecule has 0 fully saturated rings. The Bertz CT molecular complexity index is 754. The van der Waals surface area contributed by atoms with Gasteiger partial charge in [0, 0.05) is 16.8 Å². The summed E-state index contributed by atoms with van der Waals surface area (Å²) in [4.78, 5) is 5.48. The van der Waals surface area contributed by atoms with Gasteiger partial charge in [-0.2, -0.15) is 0 Å². The summed E-state index contributed by atoms with van der Waals surface area (Å²) >= 11 is 1.48. The van der Waals surface area contributed by atoms with E-state index in [0.717, 1.165) is 21.0 Å². The van der Waals surface area contributed by atoms with Gasteiger partial charge in [0.05, 0.1) is 11.4 Å². The summed E-state index contributed by atoms with van der Waals surface area (Å²) in [6.45, 7) is 7.50. The smallest absolute Gasteiger partial charge is 0.241 e. The summed E-state index contributed by atoms with van der Waals surface area (Å²) in [6.07, 6.45) is 1.73. The monoisotopic (exact) mass is 325 g/mol. The molecule has 0 saturated heterocycles. The number of aryl methyl sites for hydroxylation is 2. The fraction of sp³-hybridized carbons (Fsp3) is 0.357. The lowest BCUT2D eigenvalue weighted by atomic mass is 10.1. The Morgan fingerprint density at radius 2 is 1.90 bits per heavy atom. The molecule has 0 aliphatic carbocycles. The molecule has 114 valence electrons. The minimum Gasteiger partial charge on any atom is -0.398 e. The molecule has 0 bridgehead atoms. The Labute approximate surface area is 129 Å². The maximum atomic E-state index is 12.6. The van der Waals surface area contributed by atoms with Gasteiger partial charge in [-0.1, -0.05) is 0 Å². The van der Waals surface area contributed by atoms with Crippen molar-refractivity contribution in [1.29, 1.82) is 0 Å². The number of anilines is 1. The van der Waals surface area contributed by atoms with E-state index in [2.05, 4.69) is 9.71 Å². The molecule has 3 N–H and O–H groups in total. The number of hydrogen-bond acceptors (Lipinski definition) is 5. The van der Waals surface area contributed by atoms with Gasteiger partial charge in [0.1, 0.15) is 5.01 Å². The van der Waals surface area contributed by atoms with Crippen molar-refractivity contribution >= 4 is 27.0 Å². The molecule has 1 heterocycles. The lowest BCUT2D eigenvalue weighted by Crippen LogP contribution is -2.25. The molecule has 2 rings (SSSR count). The second kappa shape index (κ2) is 5.75. The highest BCUT2D eigenvalue weighted by atomic mass is 32.2. The molecule has 0 amide bonds. The predicted molar refractivity (Wildman–Crippen MR) is 85.9 cm³/mol. The zero-order valence-corrected chi connectivity index (χ0v) is 14.2. The quantitative estimate of drug-likeness (QED) is 0.846. The van der Waals surface area contributed by atoms with Crippen LogP contribution in [0.3, 0.4) is 0 Å². The van der Waals surface area contributed by atoms with Crippen LogP contribution in [-0.2, 0) is 16.6 Å². The molecule has 7 heteroatoms. The maximum absolute atomic E-state index is 12.6. The largest absolute Gasteiger partial charge is 0.398 e. The summed E-state index contributed by atoms with van der Waals surface area (Å²) in [5, 5.41) is 0.743. The van der Waals surface area contributed by atoms with Crippen molar-refractivity contribution in [1.82, 2.24) is 9.71 Å². The standard InChI is InChI=1S/C14H19N3O2S2/c1-8-5-12(15)11(4)14(10(8)3)21(18,19)17-7-13-16-6-9(2)20-13/h5-6,17H,7,15H2,1-4H3. The van der Waals surface area contributed by atoms with E-state index in [1.165, 1.54) is 11.3 Å². The molecule has 0 atom stereocenters. The Kier molecular flexibility index (Phi) is 4.36. The third-order valence-corrected chi connectivity index (χ3v) is 6.02. The number of thiazole rings is 1. The van der Waals surface area contributed by atoms with E-state index in [4.69, 9.17) is 5.73 Å². The van der Waals surface area contributed by atoms with Gasteiger partial charge >= 0.3 is 0 Å². The Morgan fingerprint density at radius 3 is 2.48 bits per heavy atom. The number of sulfonamides is 1. The highest BCUT2D eigenvalue weighted by molar-refractivity contribution is 7.89. The minimum atomic E-state index is -3.62. The van der Waals surface area contributed by atoms with Crippen molar-refractivity contribution in [3.63, 3.8) is 0 Å². The van der Waals surface area contributed by atoms with Gasteiger partial charge in [-0.05, 0) is 50.5 Å². The first kappa shape index (κ1) is 15.9. The van der Waals surface area contributed by atoms with Crippen LogP contribution in [0.2, 0.25) is 0 Å². The van der Waals surface area contributed by atoms with Crippen LogP contribution in [0, 0.1) is 27.7 Å². The zero-order valence-electron chi connectivity index (χ0n) is 12.5. The summed E-state index contributed by atoms with van der Waals surface area (Å²) in [5.74, 6) is 0. The van der Waals surface area contributed by atoms with Crippen LogP contribution < -0.4 is 10.5 Å². The van der Waals surface area contributed by atoms with Gasteiger partial charge in [0.15, 0.2) is 0 Å². The number of benzene rings is 1. The van der Waals surface area contributed by atoms with Crippen molar-refractivity contribution < 1.29 is 8.42 Å². The fourth-order valence-electron chi connectivity index (χ4n) is 2.16. The van der Waals surface area contributed by atoms with E-state index in [9.17, 15) is 8.42 Å². The van der Waals surface area contributed by atoms with Crippen LogP contribution in [0.4, 0.5) is 5.69 Å². The van der Waals surface area contributed by atoms with Crippen LogP contribution in [0.5, 0.6) is 0 Å². The number of rotatable bonds is 4. The number of nitrogens with two attached hydrogens (primary N) is 1. The second-order valence-corrected chi connectivity index (χ2v) is 8.07. The van der Waals surface area contributed by atoms with Crippen LogP contribution in [0.15, 0.2) is 17.2 Å². The van der Waals surface area contributed by atoms with Crippen molar-refractivity contribution in [2.24, 2.45) is 0 Å². The van der Waals surface area contributed by atoms with Crippen LogP contribution in [-0.4, -0.2) is 13.4 Å². The van der Waals surface area contributed by atoms with E-state index in [-0.39, 0.29) is 11.4 Å². The molecular formula is C14H19N3O2S2. The number of nitrogens with one attached hydrogen (secondary N) is 1. The van der Waals surface area contributed by atoms with Gasteiger partial charge in [-0.15, -0.1) is 11.3 Å². The van der Waals surface area contributed by atoms with Crippen LogP contribution in [0.1, 0.15) is 26.6 Å². The molecule has 0 unspecified atom stereocenters. The van der Waals surface area contributed by atoms with Crippen molar-refractivity contribution in [2.45, 2.75) is 39.1 Å². The third-order valence-electron chi connectivity index (χ3n) is 3.43. The molecule has 1 aromatic carbocycles. The normalized spacial score (nSPS) is 11.8. The number of nitrogen functional groups attached to an aromatic ring is 1. The first-order valence-corrected chi connectivity index (χ1v) is 8.79. The number of aromatic nitrogens is 1. The molecular weight excluding hydrogens is 306 g/mol. The molecule has 0 aliphatic rings. The molecule has 1 aromatic heterocycles. The number of hydrogen-bond donors (Lipinski definition) is 2. The average molecular weight is 325 g/mol. The van der Waals surface area contributed by atoms with Gasteiger partial charge in [0.2, 0.25) is 10.0 Å². The van der Waals surface area contributed by atoms with Gasteiger partial charge in [-0.3, -0.25) is 0 Å². The maximum Gasteiger partial charge on any atom is 0.241 e. The van der Waals surface area contributed by atoms with E-state index < -0.39 is 10.0 Å². The first-order valence-electron chi connectivity index (χ1n) is 6.49. The summed E-state index contributed by atoms with van der Waals surface area (Å²) < 4.78 is 27.7. The first-order chi connectivity index (χ1) is 9.72. The Balaban J connectivity index is 2.36. The molecule has 0 aliphatic heterocycles. The summed E-state index contributed by atoms with van der Waals surface area (Å²) in [7, 11) is -3.62. The third kappa shape index (κ3) is 3.25. The topological polar surface area (TPSA) is 85.1 Å². The zero-order chi connectivity index (χ0) is 15.8. The summed E-state index contributed by atoms with van der Waals surface area (Å²) in [5.41, 5.74) is 8.56. The van der Waals surface area contributed by atoms with Crippen LogP contribution in [0.25, 0.3) is 0 Å². The van der Waals surface area contributed by atoms with Gasteiger partial charge in [0.25, 0.3) is 0 Å². The number of nitrogens with zero attached hydrogens (tertiary/aromatic N) is 1. The fourth-order valence-corrected chi connectivity index (χ4v) is 4.53. The van der Waals surface area contributed by atoms with E-state index in [0.29, 0.717) is 11.3 Å². The summed E-state index contributed by atoms with van der Waals surface area (Å²) in [6, 6.07) is 1.80. The lowest BCUT2D eigenvalue weighted by Gasteiger charge is -2.15. The highest BCUT2D eigenvalue weighted by Crippen LogP contribution is 2.28. The molecule has 2 aromatic rings. The van der Waals surface area contributed by atoms with E-state index >= 15 is 0 Å². The average Bonchev–Trinajstić information content (AvgIpc) is 2.80. The molecule has 21 heavy (non-hydrogen) atoms.